The average molecular weight is 484 g/mol. The highest BCUT2D eigenvalue weighted by atomic mass is 14.9. The van der Waals surface area contributed by atoms with Crippen LogP contribution < -0.4 is 5.32 Å². The van der Waals surface area contributed by atoms with Crippen LogP contribution in [0.3, 0.4) is 0 Å². The second-order valence-corrected chi connectivity index (χ2v) is 10.2. The molecule has 0 fully saturated rings. The molecule has 0 aliphatic heterocycles. The zero-order chi connectivity index (χ0) is 25.1. The van der Waals surface area contributed by atoms with Crippen LogP contribution in [-0.2, 0) is 5.41 Å². The first-order valence-electron chi connectivity index (χ1n) is 13.2. The fourth-order valence-corrected chi connectivity index (χ4v) is 6.72. The van der Waals surface area contributed by atoms with Crippen LogP contribution in [0.2, 0.25) is 0 Å². The zero-order valence-electron chi connectivity index (χ0n) is 20.9. The molecule has 0 saturated carbocycles. The second kappa shape index (κ2) is 8.06. The van der Waals surface area contributed by atoms with Crippen LogP contribution in [0.1, 0.15) is 22.3 Å². The normalized spacial score (nSPS) is 16.0. The van der Waals surface area contributed by atoms with E-state index in [0.717, 1.165) is 11.4 Å². The molecular formula is C37H25N. The van der Waals surface area contributed by atoms with Gasteiger partial charge in [0.05, 0.1) is 5.41 Å². The first-order chi connectivity index (χ1) is 18.8. The number of rotatable bonds is 4. The molecule has 2 aliphatic rings. The van der Waals surface area contributed by atoms with Crippen molar-refractivity contribution in [1.29, 1.82) is 0 Å². The molecule has 6 aromatic carbocycles. The van der Waals surface area contributed by atoms with Gasteiger partial charge < -0.3 is 5.32 Å². The van der Waals surface area contributed by atoms with Crippen molar-refractivity contribution >= 4 is 11.4 Å². The van der Waals surface area contributed by atoms with Crippen molar-refractivity contribution in [1.82, 2.24) is 0 Å². The minimum Gasteiger partial charge on any atom is -0.356 e. The van der Waals surface area contributed by atoms with E-state index < -0.39 is 0 Å². The van der Waals surface area contributed by atoms with Gasteiger partial charge in [0, 0.05) is 11.4 Å². The zero-order valence-corrected chi connectivity index (χ0v) is 20.9. The minimum absolute atomic E-state index is 0.312. The van der Waals surface area contributed by atoms with Gasteiger partial charge in [-0.2, -0.15) is 0 Å². The summed E-state index contributed by atoms with van der Waals surface area (Å²) in [6.07, 6.45) is 0. The van der Waals surface area contributed by atoms with Crippen LogP contribution in [-0.4, -0.2) is 0 Å². The van der Waals surface area contributed by atoms with Crippen molar-refractivity contribution in [2.75, 3.05) is 5.32 Å². The highest BCUT2D eigenvalue weighted by Crippen LogP contribution is 2.64. The molecule has 1 N–H and O–H groups in total. The third kappa shape index (κ3) is 2.87. The Morgan fingerprint density at radius 2 is 0.974 bits per heavy atom. The summed E-state index contributed by atoms with van der Waals surface area (Å²) in [7, 11) is 0. The summed E-state index contributed by atoms with van der Waals surface area (Å²) in [5.74, 6) is 0. The summed E-state index contributed by atoms with van der Waals surface area (Å²) >= 11 is 0. The molecule has 1 unspecified atom stereocenters. The minimum atomic E-state index is -0.312. The van der Waals surface area contributed by atoms with E-state index in [4.69, 9.17) is 0 Å². The highest BCUT2D eigenvalue weighted by molar-refractivity contribution is 5.99. The van der Waals surface area contributed by atoms with Crippen molar-refractivity contribution in [2.24, 2.45) is 0 Å². The van der Waals surface area contributed by atoms with Gasteiger partial charge >= 0.3 is 0 Å². The van der Waals surface area contributed by atoms with Gasteiger partial charge in [-0.05, 0) is 79.9 Å². The Morgan fingerprint density at radius 3 is 1.74 bits per heavy atom. The Bertz CT molecular complexity index is 1820. The summed E-state index contributed by atoms with van der Waals surface area (Å²) < 4.78 is 0. The van der Waals surface area contributed by atoms with E-state index in [1.165, 1.54) is 55.6 Å². The number of nitrogens with one attached hydrogen (secondary N) is 1. The molecule has 0 bridgehead atoms. The molecule has 1 atom stereocenters. The Balaban J connectivity index is 1.28. The van der Waals surface area contributed by atoms with E-state index in [2.05, 4.69) is 151 Å². The molecule has 8 rings (SSSR count). The van der Waals surface area contributed by atoms with Gasteiger partial charge in [0.25, 0.3) is 0 Å². The number of hydrogen-bond acceptors (Lipinski definition) is 1. The average Bonchev–Trinajstić information content (AvgIpc) is 3.46. The van der Waals surface area contributed by atoms with Crippen molar-refractivity contribution in [3.05, 3.63) is 168 Å². The number of benzene rings is 6. The summed E-state index contributed by atoms with van der Waals surface area (Å²) in [6, 6.07) is 52.9. The van der Waals surface area contributed by atoms with Crippen LogP contribution in [0.15, 0.2) is 146 Å². The maximum absolute atomic E-state index is 3.69. The monoisotopic (exact) mass is 483 g/mol. The third-order valence-electron chi connectivity index (χ3n) is 8.26. The lowest BCUT2D eigenvalue weighted by Gasteiger charge is -2.31. The van der Waals surface area contributed by atoms with E-state index >= 15 is 0 Å². The van der Waals surface area contributed by atoms with Crippen molar-refractivity contribution < 1.29 is 0 Å². The van der Waals surface area contributed by atoms with Crippen molar-refractivity contribution in [3.63, 3.8) is 0 Å². The van der Waals surface area contributed by atoms with Crippen LogP contribution >= 0.6 is 0 Å². The molecule has 1 heteroatoms. The molecule has 0 saturated heterocycles. The fourth-order valence-electron chi connectivity index (χ4n) is 6.72. The molecule has 0 amide bonds. The summed E-state index contributed by atoms with van der Waals surface area (Å²) in [4.78, 5) is 0. The number of fused-ring (bicyclic) bond motifs is 6. The van der Waals surface area contributed by atoms with Gasteiger partial charge in [-0.3, -0.25) is 0 Å². The van der Waals surface area contributed by atoms with Gasteiger partial charge in [-0.1, -0.05) is 121 Å². The third-order valence-corrected chi connectivity index (χ3v) is 8.26. The van der Waals surface area contributed by atoms with Crippen LogP contribution in [0.4, 0.5) is 11.4 Å². The largest absolute Gasteiger partial charge is 0.356 e. The molecule has 38 heavy (non-hydrogen) atoms. The van der Waals surface area contributed by atoms with Crippen LogP contribution in [0.25, 0.3) is 33.4 Å². The van der Waals surface area contributed by atoms with Gasteiger partial charge in [-0.15, -0.1) is 0 Å². The molecular weight excluding hydrogens is 458 g/mol. The van der Waals surface area contributed by atoms with Gasteiger partial charge in [-0.25, -0.2) is 0 Å². The maximum Gasteiger partial charge on any atom is 0.0726 e. The lowest BCUT2D eigenvalue weighted by molar-refractivity contribution is 0.792. The Morgan fingerprint density at radius 1 is 0.395 bits per heavy atom. The van der Waals surface area contributed by atoms with E-state index in [1.54, 1.807) is 0 Å². The Kier molecular flexibility index (Phi) is 4.50. The highest BCUT2D eigenvalue weighted by Gasteiger charge is 2.52. The van der Waals surface area contributed by atoms with Crippen LogP contribution in [0, 0.1) is 0 Å². The molecule has 2 aliphatic carbocycles. The van der Waals surface area contributed by atoms with Crippen LogP contribution in [0.5, 0.6) is 0 Å². The summed E-state index contributed by atoms with van der Waals surface area (Å²) in [5.41, 5.74) is 15.2. The van der Waals surface area contributed by atoms with E-state index in [9.17, 15) is 0 Å². The maximum atomic E-state index is 3.69. The van der Waals surface area contributed by atoms with Gasteiger partial charge in [0.1, 0.15) is 0 Å². The van der Waals surface area contributed by atoms with Gasteiger partial charge in [0.15, 0.2) is 0 Å². The Labute approximate surface area is 223 Å². The standard InChI is InChI=1S/C37H25N/c1-3-10-25(11-4-1)26-18-20-28(21-19-26)38-29-22-23-31-33-16-9-15-32-30-14-7-8-17-34(30)37(36(32)33,35(31)24-29)27-12-5-2-6-13-27/h1-24,38H. The SMILES string of the molecule is c1ccc(-c2ccc(Nc3ccc4c(c3)C3(c5ccccc5)c5ccccc5-c5cccc-4c53)cc2)cc1. The molecule has 178 valence electrons. The van der Waals surface area contributed by atoms with E-state index in [1.807, 2.05) is 0 Å². The topological polar surface area (TPSA) is 12.0 Å². The summed E-state index contributed by atoms with van der Waals surface area (Å²) in [6.45, 7) is 0. The lowest BCUT2D eigenvalue weighted by Crippen LogP contribution is -2.26. The van der Waals surface area contributed by atoms with Crippen molar-refractivity contribution in [2.45, 2.75) is 5.41 Å². The first kappa shape index (κ1) is 21.2. The Hall–Kier alpha value is -4.88. The second-order valence-electron chi connectivity index (χ2n) is 10.2. The van der Waals surface area contributed by atoms with E-state index in [0.29, 0.717) is 0 Å². The van der Waals surface area contributed by atoms with Crippen molar-refractivity contribution in [3.8, 4) is 33.4 Å². The van der Waals surface area contributed by atoms with Gasteiger partial charge in [0.2, 0.25) is 0 Å². The number of hydrogen-bond donors (Lipinski definition) is 1. The predicted octanol–water partition coefficient (Wildman–Crippen LogP) is 9.44. The first-order valence-corrected chi connectivity index (χ1v) is 13.2. The molecule has 0 heterocycles. The molecule has 6 aromatic rings. The summed E-state index contributed by atoms with van der Waals surface area (Å²) in [5, 5.41) is 3.69. The number of anilines is 2. The predicted molar refractivity (Wildman–Crippen MR) is 158 cm³/mol. The fraction of sp³-hybridized carbons (Fsp3) is 0.0270. The smallest absolute Gasteiger partial charge is 0.0726 e. The van der Waals surface area contributed by atoms with E-state index in [-0.39, 0.29) is 5.41 Å². The molecule has 0 spiro atoms. The molecule has 1 nitrogen and oxygen atoms in total. The molecule has 0 aromatic heterocycles. The quantitative estimate of drug-likeness (QED) is 0.263. The lowest BCUT2D eigenvalue weighted by atomic mass is 9.70. The molecule has 0 radical (unpaired) electrons.